The molecule has 0 unspecified atom stereocenters. The molecule has 3 nitrogen and oxygen atoms in total. The van der Waals surface area contributed by atoms with Gasteiger partial charge in [0.25, 0.3) is 0 Å². The van der Waals surface area contributed by atoms with Crippen molar-refractivity contribution in [2.45, 2.75) is 0 Å². The van der Waals surface area contributed by atoms with Crippen molar-refractivity contribution in [2.24, 2.45) is 0 Å². The van der Waals surface area contributed by atoms with E-state index in [1.807, 2.05) is 18.2 Å². The van der Waals surface area contributed by atoms with E-state index in [0.29, 0.717) is 11.4 Å². The lowest BCUT2D eigenvalue weighted by Gasteiger charge is -1.91. The minimum Gasteiger partial charge on any atom is -0.384 e. The van der Waals surface area contributed by atoms with Crippen LogP contribution < -0.4 is 5.73 Å². The zero-order chi connectivity index (χ0) is 9.42. The van der Waals surface area contributed by atoms with Crippen LogP contribution in [0.5, 0.6) is 0 Å². The highest BCUT2D eigenvalue weighted by Gasteiger charge is 2.09. The summed E-state index contributed by atoms with van der Waals surface area (Å²) in [4.78, 5) is 2.95. The molecule has 4 heteroatoms. The van der Waals surface area contributed by atoms with Gasteiger partial charge in [0.05, 0.1) is 5.52 Å². The summed E-state index contributed by atoms with van der Waals surface area (Å²) in [7, 11) is 0. The van der Waals surface area contributed by atoms with Crippen molar-refractivity contribution in [1.82, 2.24) is 4.98 Å². The smallest absolute Gasteiger partial charge is 0.119 e. The predicted octanol–water partition coefficient (Wildman–Crippen LogP) is 2.38. The quantitative estimate of drug-likeness (QED) is 0.737. The van der Waals surface area contributed by atoms with Gasteiger partial charge in [-0.3, -0.25) is 0 Å². The normalized spacial score (nSPS) is 10.2. The molecule has 1 heterocycles. The van der Waals surface area contributed by atoms with Gasteiger partial charge in [0.2, 0.25) is 0 Å². The number of rotatable bonds is 0. The number of nitrogens with two attached hydrogens (primary N) is 1. The van der Waals surface area contributed by atoms with Crippen molar-refractivity contribution in [2.75, 3.05) is 5.73 Å². The second-order valence-corrected chi connectivity index (χ2v) is 3.54. The van der Waals surface area contributed by atoms with Crippen LogP contribution in [-0.2, 0) is 0 Å². The summed E-state index contributed by atoms with van der Waals surface area (Å²) < 4.78 is 0.915. The minimum absolute atomic E-state index is 0.421. The van der Waals surface area contributed by atoms with Crippen molar-refractivity contribution in [3.8, 4) is 6.07 Å². The number of nitrogen functional groups attached to an aromatic ring is 1. The molecule has 0 radical (unpaired) electrons. The van der Waals surface area contributed by atoms with E-state index in [1.165, 1.54) is 0 Å². The number of nitrogens with one attached hydrogen (secondary N) is 1. The summed E-state index contributed by atoms with van der Waals surface area (Å²) in [5.74, 6) is 0.421. The molecule has 0 aliphatic heterocycles. The van der Waals surface area contributed by atoms with Gasteiger partial charge in [0.15, 0.2) is 0 Å². The maximum atomic E-state index is 8.83. The zero-order valence-electron chi connectivity index (χ0n) is 6.63. The molecule has 1 aromatic carbocycles. The maximum absolute atomic E-state index is 8.83. The first-order valence-corrected chi connectivity index (χ1v) is 4.49. The molecule has 0 bridgehead atoms. The number of hydrogen-bond donors (Lipinski definition) is 2. The van der Waals surface area contributed by atoms with Crippen LogP contribution in [0.4, 0.5) is 5.82 Å². The number of H-pyrrole nitrogens is 1. The average molecular weight is 236 g/mol. The molecule has 13 heavy (non-hydrogen) atoms. The third-order valence-corrected chi connectivity index (χ3v) is 2.58. The van der Waals surface area contributed by atoms with Crippen LogP contribution in [-0.4, -0.2) is 4.98 Å². The number of fused-ring (bicyclic) bond motifs is 1. The summed E-state index contributed by atoms with van der Waals surface area (Å²) in [6, 6.07) is 7.71. The first kappa shape index (κ1) is 8.14. The Labute approximate surface area is 83.3 Å². The number of hydrogen-bond acceptors (Lipinski definition) is 2. The molecule has 0 amide bonds. The topological polar surface area (TPSA) is 65.6 Å². The lowest BCUT2D eigenvalue weighted by atomic mass is 10.2. The highest BCUT2D eigenvalue weighted by atomic mass is 79.9. The van der Waals surface area contributed by atoms with Gasteiger partial charge in [-0.2, -0.15) is 5.26 Å². The molecule has 0 aliphatic rings. The third-order valence-electron chi connectivity index (χ3n) is 1.92. The second-order valence-electron chi connectivity index (χ2n) is 2.69. The van der Waals surface area contributed by atoms with Crippen LogP contribution in [0.1, 0.15) is 5.56 Å². The molecule has 1 aromatic heterocycles. The number of nitriles is 1. The Kier molecular flexibility index (Phi) is 1.74. The summed E-state index contributed by atoms with van der Waals surface area (Å²) in [6.45, 7) is 0. The number of benzene rings is 1. The van der Waals surface area contributed by atoms with E-state index in [2.05, 4.69) is 27.0 Å². The van der Waals surface area contributed by atoms with E-state index in [0.717, 1.165) is 15.4 Å². The highest BCUT2D eigenvalue weighted by molar-refractivity contribution is 9.10. The van der Waals surface area contributed by atoms with Gasteiger partial charge in [-0.25, -0.2) is 0 Å². The molecule has 0 aliphatic carbocycles. The van der Waals surface area contributed by atoms with Crippen molar-refractivity contribution in [3.05, 3.63) is 28.2 Å². The molecular weight excluding hydrogens is 230 g/mol. The van der Waals surface area contributed by atoms with Crippen LogP contribution >= 0.6 is 15.9 Å². The SMILES string of the molecule is N#Cc1c(N)[nH]c2c(Br)cccc12. The van der Waals surface area contributed by atoms with Gasteiger partial charge in [-0.1, -0.05) is 12.1 Å². The molecule has 0 saturated heterocycles. The van der Waals surface area contributed by atoms with Gasteiger partial charge in [0.1, 0.15) is 17.5 Å². The minimum atomic E-state index is 0.421. The van der Waals surface area contributed by atoms with Crippen LogP contribution in [0.3, 0.4) is 0 Å². The summed E-state index contributed by atoms with van der Waals surface area (Å²) in [5.41, 5.74) is 7.02. The maximum Gasteiger partial charge on any atom is 0.119 e. The number of aromatic nitrogens is 1. The molecule has 0 fully saturated rings. The fraction of sp³-hybridized carbons (Fsp3) is 0. The molecule has 2 rings (SSSR count). The number of para-hydroxylation sites is 1. The van der Waals surface area contributed by atoms with Gasteiger partial charge in [-0.05, 0) is 22.0 Å². The molecular formula is C9H6BrN3. The monoisotopic (exact) mass is 235 g/mol. The van der Waals surface area contributed by atoms with E-state index in [9.17, 15) is 0 Å². The highest BCUT2D eigenvalue weighted by Crippen LogP contribution is 2.28. The first-order valence-electron chi connectivity index (χ1n) is 3.70. The zero-order valence-corrected chi connectivity index (χ0v) is 8.22. The van der Waals surface area contributed by atoms with Crippen LogP contribution in [0.15, 0.2) is 22.7 Å². The predicted molar refractivity (Wildman–Crippen MR) is 55.1 cm³/mol. The summed E-state index contributed by atoms with van der Waals surface area (Å²) in [5, 5.41) is 9.69. The summed E-state index contributed by atoms with van der Waals surface area (Å²) in [6.07, 6.45) is 0. The lowest BCUT2D eigenvalue weighted by molar-refractivity contribution is 1.44. The van der Waals surface area contributed by atoms with Gasteiger partial charge in [0, 0.05) is 9.86 Å². The first-order chi connectivity index (χ1) is 6.24. The van der Waals surface area contributed by atoms with Crippen molar-refractivity contribution < 1.29 is 0 Å². The van der Waals surface area contributed by atoms with E-state index in [-0.39, 0.29) is 0 Å². The number of aromatic amines is 1. The van der Waals surface area contributed by atoms with E-state index in [1.54, 1.807) is 0 Å². The third kappa shape index (κ3) is 1.09. The molecule has 0 saturated carbocycles. The molecule has 3 N–H and O–H groups in total. The Morgan fingerprint density at radius 1 is 1.46 bits per heavy atom. The lowest BCUT2D eigenvalue weighted by Crippen LogP contribution is -1.86. The van der Waals surface area contributed by atoms with E-state index in [4.69, 9.17) is 11.0 Å². The molecule has 0 atom stereocenters. The van der Waals surface area contributed by atoms with Crippen LogP contribution in [0, 0.1) is 11.3 Å². The standard InChI is InChI=1S/C9H6BrN3/c10-7-3-1-2-5-6(4-11)9(12)13-8(5)7/h1-3,13H,12H2. The Morgan fingerprint density at radius 2 is 2.23 bits per heavy atom. The van der Waals surface area contributed by atoms with E-state index < -0.39 is 0 Å². The molecule has 2 aromatic rings. The largest absolute Gasteiger partial charge is 0.384 e. The van der Waals surface area contributed by atoms with Crippen molar-refractivity contribution in [1.29, 1.82) is 5.26 Å². The van der Waals surface area contributed by atoms with Crippen molar-refractivity contribution >= 4 is 32.7 Å². The van der Waals surface area contributed by atoms with Gasteiger partial charge < -0.3 is 10.7 Å². The summed E-state index contributed by atoms with van der Waals surface area (Å²) >= 11 is 3.38. The van der Waals surface area contributed by atoms with Crippen LogP contribution in [0.2, 0.25) is 0 Å². The average Bonchev–Trinajstić information content (AvgIpc) is 2.43. The Bertz CT molecular complexity index is 507. The molecule has 0 spiro atoms. The number of anilines is 1. The van der Waals surface area contributed by atoms with Crippen molar-refractivity contribution in [3.63, 3.8) is 0 Å². The van der Waals surface area contributed by atoms with E-state index >= 15 is 0 Å². The van der Waals surface area contributed by atoms with Gasteiger partial charge in [-0.15, -0.1) is 0 Å². The number of halogens is 1. The van der Waals surface area contributed by atoms with Crippen LogP contribution in [0.25, 0.3) is 10.9 Å². The fourth-order valence-electron chi connectivity index (χ4n) is 1.32. The Balaban J connectivity index is 2.96. The Morgan fingerprint density at radius 3 is 2.92 bits per heavy atom. The van der Waals surface area contributed by atoms with Gasteiger partial charge >= 0.3 is 0 Å². The number of nitrogens with zero attached hydrogens (tertiary/aromatic N) is 1. The second kappa shape index (κ2) is 2.79. The Hall–Kier alpha value is -1.47. The molecule has 64 valence electrons. The fourth-order valence-corrected chi connectivity index (χ4v) is 1.79.